The van der Waals surface area contributed by atoms with Crippen LogP contribution in [0.1, 0.15) is 34.3 Å². The summed E-state index contributed by atoms with van der Waals surface area (Å²) in [4.78, 5) is 1.27. The average molecular weight is 503 g/mol. The second-order valence-electron chi connectivity index (χ2n) is 7.43. The smallest absolute Gasteiger partial charge is 0.253 e. The van der Waals surface area contributed by atoms with Crippen molar-refractivity contribution in [3.63, 3.8) is 0 Å². The predicted molar refractivity (Wildman–Crippen MR) is 133 cm³/mol. The van der Waals surface area contributed by atoms with Gasteiger partial charge in [0.15, 0.2) is 0 Å². The highest BCUT2D eigenvalue weighted by molar-refractivity contribution is 7.15. The van der Waals surface area contributed by atoms with Crippen LogP contribution < -0.4 is 5.01 Å². The van der Waals surface area contributed by atoms with E-state index in [2.05, 4.69) is 27.8 Å². The zero-order valence-electron chi connectivity index (χ0n) is 17.3. The van der Waals surface area contributed by atoms with Gasteiger partial charge in [-0.3, -0.25) is 4.57 Å². The van der Waals surface area contributed by atoms with E-state index in [1.54, 1.807) is 17.4 Å². The fraction of sp³-hybridized carbons (Fsp3) is 0.174. The Bertz CT molecular complexity index is 1340. The van der Waals surface area contributed by atoms with Gasteiger partial charge in [-0.1, -0.05) is 59.9 Å². The van der Waals surface area contributed by atoms with Gasteiger partial charge in [-0.05, 0) is 49.2 Å². The molecule has 0 saturated heterocycles. The van der Waals surface area contributed by atoms with Crippen molar-refractivity contribution in [2.24, 2.45) is 5.10 Å². The molecule has 1 aliphatic rings. The van der Waals surface area contributed by atoms with E-state index in [0.29, 0.717) is 27.6 Å². The molecule has 0 radical (unpaired) electrons. The number of aromatic nitrogens is 3. The SMILES string of the molecule is CCc1cc2c(s1)-n1c(C)nnc1N(Cc1ccc(Cl)c(Cl)c1)N=C2c1ccc(Cl)cc1. The summed E-state index contributed by atoms with van der Waals surface area (Å²) in [7, 11) is 0. The number of thiophene rings is 1. The minimum atomic E-state index is 0.460. The lowest BCUT2D eigenvalue weighted by molar-refractivity contribution is 0.798. The highest BCUT2D eigenvalue weighted by atomic mass is 35.5. The van der Waals surface area contributed by atoms with Crippen molar-refractivity contribution in [2.75, 3.05) is 5.01 Å². The maximum atomic E-state index is 6.27. The van der Waals surface area contributed by atoms with Crippen LogP contribution in [0.4, 0.5) is 5.95 Å². The summed E-state index contributed by atoms with van der Waals surface area (Å²) in [6.45, 7) is 4.57. The van der Waals surface area contributed by atoms with Crippen molar-refractivity contribution in [3.05, 3.63) is 91.0 Å². The third-order valence-electron chi connectivity index (χ3n) is 5.26. The quantitative estimate of drug-likeness (QED) is 0.304. The van der Waals surface area contributed by atoms with E-state index >= 15 is 0 Å². The van der Waals surface area contributed by atoms with E-state index in [1.807, 2.05) is 48.3 Å². The summed E-state index contributed by atoms with van der Waals surface area (Å²) in [5, 5.41) is 18.5. The molecule has 3 heterocycles. The van der Waals surface area contributed by atoms with Crippen molar-refractivity contribution >= 4 is 57.8 Å². The minimum Gasteiger partial charge on any atom is -0.254 e. The number of hydrogen-bond donors (Lipinski definition) is 0. The van der Waals surface area contributed by atoms with Gasteiger partial charge in [-0.25, -0.2) is 5.01 Å². The van der Waals surface area contributed by atoms with Gasteiger partial charge in [0.2, 0.25) is 0 Å². The molecule has 0 aliphatic carbocycles. The molecule has 4 aromatic rings. The van der Waals surface area contributed by atoms with Crippen molar-refractivity contribution in [2.45, 2.75) is 26.8 Å². The molecular weight excluding hydrogens is 485 g/mol. The molecular formula is C23H18Cl3N5S. The molecule has 0 bridgehead atoms. The fourth-order valence-electron chi connectivity index (χ4n) is 3.65. The van der Waals surface area contributed by atoms with E-state index in [-0.39, 0.29) is 0 Å². The van der Waals surface area contributed by atoms with Crippen LogP contribution in [0.25, 0.3) is 5.00 Å². The van der Waals surface area contributed by atoms with Gasteiger partial charge < -0.3 is 0 Å². The molecule has 0 unspecified atom stereocenters. The Balaban J connectivity index is 1.71. The number of anilines is 1. The molecule has 0 amide bonds. The van der Waals surface area contributed by atoms with Crippen LogP contribution in [0.2, 0.25) is 15.1 Å². The molecule has 0 fully saturated rings. The van der Waals surface area contributed by atoms with Gasteiger partial charge in [0.25, 0.3) is 5.95 Å². The van der Waals surface area contributed by atoms with Crippen molar-refractivity contribution in [1.82, 2.24) is 14.8 Å². The lowest BCUT2D eigenvalue weighted by atomic mass is 10.0. The number of aryl methyl sites for hydroxylation is 2. The number of nitrogens with zero attached hydrogens (tertiary/aromatic N) is 5. The van der Waals surface area contributed by atoms with Crippen molar-refractivity contribution in [1.29, 1.82) is 0 Å². The first kappa shape index (κ1) is 21.5. The van der Waals surface area contributed by atoms with Gasteiger partial charge in [0.1, 0.15) is 16.5 Å². The maximum Gasteiger partial charge on any atom is 0.253 e. The Labute approximate surface area is 204 Å². The Morgan fingerprint density at radius 1 is 0.938 bits per heavy atom. The number of hydrazone groups is 1. The molecule has 0 atom stereocenters. The Hall–Kier alpha value is -2.38. The van der Waals surface area contributed by atoms with Crippen LogP contribution in [0, 0.1) is 6.92 Å². The van der Waals surface area contributed by atoms with E-state index in [1.165, 1.54) is 4.88 Å². The zero-order valence-corrected chi connectivity index (χ0v) is 20.4. The monoisotopic (exact) mass is 501 g/mol. The van der Waals surface area contributed by atoms with E-state index in [9.17, 15) is 0 Å². The third kappa shape index (κ3) is 3.82. The molecule has 5 nitrogen and oxygen atoms in total. The van der Waals surface area contributed by atoms with Gasteiger partial charge in [0.05, 0.1) is 16.6 Å². The molecule has 0 saturated carbocycles. The van der Waals surface area contributed by atoms with Gasteiger partial charge in [-0.15, -0.1) is 21.5 Å². The summed E-state index contributed by atoms with van der Waals surface area (Å²) in [5.41, 5.74) is 3.85. The Kier molecular flexibility index (Phi) is 5.72. The summed E-state index contributed by atoms with van der Waals surface area (Å²) < 4.78 is 2.07. The highest BCUT2D eigenvalue weighted by Crippen LogP contribution is 2.36. The van der Waals surface area contributed by atoms with Crippen LogP contribution >= 0.6 is 46.1 Å². The summed E-state index contributed by atoms with van der Waals surface area (Å²) >= 11 is 20.3. The third-order valence-corrected chi connectivity index (χ3v) is 7.52. The first-order valence-corrected chi connectivity index (χ1v) is 12.0. The molecule has 2 aromatic heterocycles. The van der Waals surface area contributed by atoms with E-state index in [4.69, 9.17) is 39.9 Å². The van der Waals surface area contributed by atoms with E-state index < -0.39 is 0 Å². The maximum absolute atomic E-state index is 6.27. The second-order valence-corrected chi connectivity index (χ2v) is 9.80. The molecule has 2 aromatic carbocycles. The lowest BCUT2D eigenvalue weighted by Crippen LogP contribution is -2.20. The first-order valence-electron chi connectivity index (χ1n) is 10.1. The molecule has 0 spiro atoms. The van der Waals surface area contributed by atoms with Crippen LogP contribution in [0.3, 0.4) is 0 Å². The number of rotatable bonds is 4. The second kappa shape index (κ2) is 8.52. The number of fused-ring (bicyclic) bond motifs is 3. The summed E-state index contributed by atoms with van der Waals surface area (Å²) in [5.74, 6) is 1.46. The van der Waals surface area contributed by atoms with Crippen LogP contribution in [0.5, 0.6) is 0 Å². The average Bonchev–Trinajstić information content (AvgIpc) is 3.34. The summed E-state index contributed by atoms with van der Waals surface area (Å²) in [6, 6.07) is 15.5. The first-order chi connectivity index (χ1) is 15.4. The fourth-order valence-corrected chi connectivity index (χ4v) is 5.24. The van der Waals surface area contributed by atoms with Crippen LogP contribution in [-0.2, 0) is 13.0 Å². The molecule has 1 aliphatic heterocycles. The Morgan fingerprint density at radius 3 is 2.44 bits per heavy atom. The van der Waals surface area contributed by atoms with Crippen LogP contribution in [0.15, 0.2) is 53.6 Å². The number of hydrogen-bond acceptors (Lipinski definition) is 5. The van der Waals surface area contributed by atoms with Gasteiger partial charge >= 0.3 is 0 Å². The van der Waals surface area contributed by atoms with Crippen molar-refractivity contribution < 1.29 is 0 Å². The molecule has 9 heteroatoms. The molecule has 162 valence electrons. The van der Waals surface area contributed by atoms with Gasteiger partial charge in [-0.2, -0.15) is 5.10 Å². The molecule has 5 rings (SSSR count). The predicted octanol–water partition coefficient (Wildman–Crippen LogP) is 6.93. The Morgan fingerprint density at radius 2 is 1.72 bits per heavy atom. The molecule has 32 heavy (non-hydrogen) atoms. The normalized spacial score (nSPS) is 12.9. The zero-order chi connectivity index (χ0) is 22.4. The topological polar surface area (TPSA) is 46.3 Å². The highest BCUT2D eigenvalue weighted by Gasteiger charge is 2.28. The van der Waals surface area contributed by atoms with Crippen LogP contribution in [-0.4, -0.2) is 20.5 Å². The molecule has 0 N–H and O–H groups in total. The van der Waals surface area contributed by atoms with Gasteiger partial charge in [0, 0.05) is 21.0 Å². The van der Waals surface area contributed by atoms with E-state index in [0.717, 1.165) is 39.6 Å². The largest absolute Gasteiger partial charge is 0.254 e. The number of benzene rings is 2. The standard InChI is InChI=1S/C23H18Cl3N5S/c1-3-17-11-18-21(15-5-7-16(24)8-6-15)29-30(12-14-4-9-19(25)20(26)10-14)23-28-27-13(2)31(23)22(18)32-17/h4-11H,3,12H2,1-2H3. The van der Waals surface area contributed by atoms with Crippen molar-refractivity contribution in [3.8, 4) is 5.00 Å². The minimum absolute atomic E-state index is 0.460. The number of halogens is 3. The lowest BCUT2D eigenvalue weighted by Gasteiger charge is -2.18. The summed E-state index contributed by atoms with van der Waals surface area (Å²) in [6.07, 6.45) is 0.940.